The fraction of sp³-hybridized carbons (Fsp3) is 0.765. The van der Waals surface area contributed by atoms with Crippen molar-refractivity contribution >= 4 is 23.1 Å². The van der Waals surface area contributed by atoms with Crippen LogP contribution in [0.1, 0.15) is 49.8 Å². The van der Waals surface area contributed by atoms with Crippen LogP contribution in [0.4, 0.5) is 0 Å². The van der Waals surface area contributed by atoms with Crippen molar-refractivity contribution in [3.63, 3.8) is 0 Å². The third-order valence-corrected chi connectivity index (χ3v) is 6.93. The van der Waals surface area contributed by atoms with E-state index in [-0.39, 0.29) is 5.60 Å². The molecule has 0 amide bonds. The van der Waals surface area contributed by atoms with Crippen molar-refractivity contribution in [3.8, 4) is 0 Å². The number of thioether (sulfide) groups is 1. The molecule has 0 aliphatic carbocycles. The average Bonchev–Trinajstić information content (AvgIpc) is 2.91. The van der Waals surface area contributed by atoms with Crippen LogP contribution in [0.5, 0.6) is 0 Å². The van der Waals surface area contributed by atoms with E-state index in [0.717, 1.165) is 19.1 Å². The van der Waals surface area contributed by atoms with Crippen LogP contribution in [0.25, 0.3) is 0 Å². The first kappa shape index (κ1) is 15.9. The van der Waals surface area contributed by atoms with Crippen LogP contribution in [0.2, 0.25) is 0 Å². The van der Waals surface area contributed by atoms with E-state index < -0.39 is 0 Å². The van der Waals surface area contributed by atoms with Gasteiger partial charge >= 0.3 is 0 Å². The molecule has 2 aliphatic rings. The van der Waals surface area contributed by atoms with Gasteiger partial charge in [-0.1, -0.05) is 6.92 Å². The maximum atomic E-state index is 6.27. The van der Waals surface area contributed by atoms with E-state index in [2.05, 4.69) is 41.7 Å². The molecule has 2 atom stereocenters. The van der Waals surface area contributed by atoms with Gasteiger partial charge in [-0.15, -0.1) is 0 Å². The highest BCUT2D eigenvalue weighted by atomic mass is 32.2. The van der Waals surface area contributed by atoms with E-state index in [9.17, 15) is 0 Å². The van der Waals surface area contributed by atoms with Crippen molar-refractivity contribution in [2.45, 2.75) is 51.2 Å². The molecule has 0 bridgehead atoms. The summed E-state index contributed by atoms with van der Waals surface area (Å²) >= 11 is 3.93. The molecule has 3 heterocycles. The van der Waals surface area contributed by atoms with Gasteiger partial charge in [-0.3, -0.25) is 0 Å². The number of ether oxygens (including phenoxy) is 1. The fourth-order valence-electron chi connectivity index (χ4n) is 3.88. The zero-order valence-corrected chi connectivity index (χ0v) is 14.8. The minimum Gasteiger partial charge on any atom is -0.375 e. The van der Waals surface area contributed by atoms with Crippen LogP contribution in [0, 0.1) is 12.8 Å². The van der Waals surface area contributed by atoms with Crippen LogP contribution in [0.3, 0.4) is 0 Å². The van der Waals surface area contributed by atoms with Gasteiger partial charge in [-0.05, 0) is 78.5 Å². The predicted octanol–water partition coefficient (Wildman–Crippen LogP) is 4.40. The third kappa shape index (κ3) is 3.49. The average molecular weight is 326 g/mol. The highest BCUT2D eigenvalue weighted by Crippen LogP contribution is 2.44. The molecule has 1 N–H and O–H groups in total. The second-order valence-electron chi connectivity index (χ2n) is 6.44. The Bertz CT molecular complexity index is 448. The molecule has 0 aromatic carbocycles. The van der Waals surface area contributed by atoms with Gasteiger partial charge < -0.3 is 10.1 Å². The molecule has 2 aliphatic heterocycles. The van der Waals surface area contributed by atoms with Crippen LogP contribution in [-0.4, -0.2) is 30.3 Å². The maximum Gasteiger partial charge on any atom is 0.0701 e. The zero-order valence-electron chi connectivity index (χ0n) is 13.2. The summed E-state index contributed by atoms with van der Waals surface area (Å²) in [6.45, 7) is 6.46. The molecule has 3 rings (SSSR count). The Morgan fingerprint density at radius 2 is 2.19 bits per heavy atom. The molecule has 118 valence electrons. The Morgan fingerprint density at radius 1 is 1.38 bits per heavy atom. The lowest BCUT2D eigenvalue weighted by molar-refractivity contribution is -0.107. The highest BCUT2D eigenvalue weighted by Gasteiger charge is 2.41. The SMILES string of the molecule is CCNC(c1cscc1C)C1CCOC2(CCSCC2)C1. The van der Waals surface area contributed by atoms with Gasteiger partial charge in [0.15, 0.2) is 0 Å². The van der Waals surface area contributed by atoms with Crippen molar-refractivity contribution in [2.24, 2.45) is 5.92 Å². The van der Waals surface area contributed by atoms with Gasteiger partial charge in [0.05, 0.1) is 5.60 Å². The molecular formula is C17H27NOS2. The van der Waals surface area contributed by atoms with Crippen LogP contribution < -0.4 is 5.32 Å². The van der Waals surface area contributed by atoms with Crippen molar-refractivity contribution < 1.29 is 4.74 Å². The molecule has 0 saturated carbocycles. The van der Waals surface area contributed by atoms with Crippen LogP contribution >= 0.6 is 23.1 Å². The summed E-state index contributed by atoms with van der Waals surface area (Å²) in [5.41, 5.74) is 3.16. The molecule has 2 saturated heterocycles. The normalized spacial score (nSPS) is 26.9. The third-order valence-electron chi connectivity index (χ3n) is 5.06. The molecule has 1 spiro atoms. The van der Waals surface area contributed by atoms with E-state index in [0.29, 0.717) is 6.04 Å². The van der Waals surface area contributed by atoms with E-state index >= 15 is 0 Å². The summed E-state index contributed by atoms with van der Waals surface area (Å²) < 4.78 is 6.27. The quantitative estimate of drug-likeness (QED) is 0.886. The summed E-state index contributed by atoms with van der Waals surface area (Å²) in [5.74, 6) is 3.27. The number of thiophene rings is 1. The molecule has 4 heteroatoms. The Labute approximate surface area is 137 Å². The van der Waals surface area contributed by atoms with Crippen molar-refractivity contribution in [3.05, 3.63) is 21.9 Å². The number of aryl methyl sites for hydroxylation is 1. The molecule has 2 fully saturated rings. The summed E-state index contributed by atoms with van der Waals surface area (Å²) in [7, 11) is 0. The lowest BCUT2D eigenvalue weighted by atomic mass is 9.77. The van der Waals surface area contributed by atoms with Gasteiger partial charge in [0, 0.05) is 12.6 Å². The van der Waals surface area contributed by atoms with Crippen molar-refractivity contribution in [2.75, 3.05) is 24.7 Å². The molecular weight excluding hydrogens is 298 g/mol. The van der Waals surface area contributed by atoms with Crippen molar-refractivity contribution in [1.82, 2.24) is 5.32 Å². The maximum absolute atomic E-state index is 6.27. The standard InChI is InChI=1S/C17H27NOS2/c1-3-18-16(15-12-21-11-13(15)2)14-4-7-19-17(10-14)5-8-20-9-6-17/h11-12,14,16,18H,3-10H2,1-2H3. The Balaban J connectivity index is 1.77. The van der Waals surface area contributed by atoms with E-state index in [1.165, 1.54) is 48.3 Å². The number of hydrogen-bond donors (Lipinski definition) is 1. The van der Waals surface area contributed by atoms with E-state index in [4.69, 9.17) is 4.74 Å². The smallest absolute Gasteiger partial charge is 0.0701 e. The van der Waals surface area contributed by atoms with Gasteiger partial charge in [0.2, 0.25) is 0 Å². The molecule has 2 unspecified atom stereocenters. The summed E-state index contributed by atoms with van der Waals surface area (Å²) in [6.07, 6.45) is 4.92. The van der Waals surface area contributed by atoms with Crippen LogP contribution in [0.15, 0.2) is 10.8 Å². The van der Waals surface area contributed by atoms with E-state index in [1.807, 2.05) is 11.3 Å². The number of nitrogens with one attached hydrogen (secondary N) is 1. The lowest BCUT2D eigenvalue weighted by Crippen LogP contribution is -2.45. The summed E-state index contributed by atoms with van der Waals surface area (Å²) in [4.78, 5) is 0. The zero-order chi connectivity index (χ0) is 14.7. The first-order valence-corrected chi connectivity index (χ1v) is 10.3. The molecule has 0 radical (unpaired) electrons. The number of rotatable bonds is 4. The monoisotopic (exact) mass is 325 g/mol. The van der Waals surface area contributed by atoms with Gasteiger partial charge in [0.1, 0.15) is 0 Å². The van der Waals surface area contributed by atoms with Gasteiger partial charge in [-0.25, -0.2) is 0 Å². The molecule has 21 heavy (non-hydrogen) atoms. The fourth-order valence-corrected chi connectivity index (χ4v) is 6.01. The van der Waals surface area contributed by atoms with E-state index in [1.54, 1.807) is 0 Å². The van der Waals surface area contributed by atoms with Crippen LogP contribution in [-0.2, 0) is 4.74 Å². The largest absolute Gasteiger partial charge is 0.375 e. The van der Waals surface area contributed by atoms with Crippen molar-refractivity contribution in [1.29, 1.82) is 0 Å². The Morgan fingerprint density at radius 3 is 2.86 bits per heavy atom. The lowest BCUT2D eigenvalue weighted by Gasteiger charge is -2.45. The second kappa shape index (κ2) is 7.03. The Kier molecular flexibility index (Phi) is 5.31. The first-order valence-electron chi connectivity index (χ1n) is 8.22. The summed E-state index contributed by atoms with van der Waals surface area (Å²) in [6, 6.07) is 0.511. The minimum atomic E-state index is 0.186. The Hall–Kier alpha value is -0.0300. The molecule has 2 nitrogen and oxygen atoms in total. The topological polar surface area (TPSA) is 21.3 Å². The first-order chi connectivity index (χ1) is 10.2. The minimum absolute atomic E-state index is 0.186. The molecule has 1 aromatic rings. The van der Waals surface area contributed by atoms with Gasteiger partial charge in [0.25, 0.3) is 0 Å². The highest BCUT2D eigenvalue weighted by molar-refractivity contribution is 7.99. The predicted molar refractivity (Wildman–Crippen MR) is 93.4 cm³/mol. The summed E-state index contributed by atoms with van der Waals surface area (Å²) in [5, 5.41) is 8.40. The molecule has 1 aromatic heterocycles. The number of hydrogen-bond acceptors (Lipinski definition) is 4. The second-order valence-corrected chi connectivity index (χ2v) is 8.41. The van der Waals surface area contributed by atoms with Gasteiger partial charge in [-0.2, -0.15) is 23.1 Å².